The zero-order valence-electron chi connectivity index (χ0n) is 15.7. The van der Waals surface area contributed by atoms with Crippen LogP contribution >= 0.6 is 0 Å². The molecular weight excluding hydrogens is 324 g/mol. The van der Waals surface area contributed by atoms with E-state index < -0.39 is 37.8 Å². The molecule has 25 heavy (non-hydrogen) atoms. The Hall–Kier alpha value is -0.950. The van der Waals surface area contributed by atoms with E-state index in [1.807, 2.05) is 0 Å². The Morgan fingerprint density at radius 1 is 0.760 bits per heavy atom. The van der Waals surface area contributed by atoms with Crippen molar-refractivity contribution < 1.29 is 30.3 Å². The van der Waals surface area contributed by atoms with Crippen LogP contribution in [0.2, 0.25) is 0 Å². The van der Waals surface area contributed by atoms with Gasteiger partial charge in [-0.05, 0) is 25.7 Å². The summed E-state index contributed by atoms with van der Waals surface area (Å²) in [5.41, 5.74) is -1.11. The molecule has 0 saturated carbocycles. The van der Waals surface area contributed by atoms with Gasteiger partial charge in [0.2, 0.25) is 0 Å². The standard InChI is InChI=1S/C14H26O2.C5H12O4/c1-2-3-4-5-6-7-8-9-10-11-12-13-14(15)16;6-1-5(2-7,3-8)4-9/h5-6H,2-4,7-13H2,1H3,(H,15,16);6-9H,1-4H2/b6-5-;. The second-order valence-corrected chi connectivity index (χ2v) is 6.45. The number of aliphatic hydroxyl groups excluding tert-OH is 4. The van der Waals surface area contributed by atoms with Crippen LogP contribution in [-0.2, 0) is 4.79 Å². The summed E-state index contributed by atoms with van der Waals surface area (Å²) in [6, 6.07) is 0. The third-order valence-electron chi connectivity index (χ3n) is 3.99. The van der Waals surface area contributed by atoms with Crippen LogP contribution in [-0.4, -0.2) is 57.9 Å². The smallest absolute Gasteiger partial charge is 0.303 e. The molecule has 0 spiro atoms. The van der Waals surface area contributed by atoms with E-state index in [0.717, 1.165) is 12.8 Å². The van der Waals surface area contributed by atoms with Gasteiger partial charge in [-0.25, -0.2) is 0 Å². The quantitative estimate of drug-likeness (QED) is 0.226. The second-order valence-electron chi connectivity index (χ2n) is 6.45. The number of aliphatic carboxylic acids is 1. The summed E-state index contributed by atoms with van der Waals surface area (Å²) in [4.78, 5) is 10.3. The van der Waals surface area contributed by atoms with Gasteiger partial charge in [-0.3, -0.25) is 4.79 Å². The van der Waals surface area contributed by atoms with Crippen molar-refractivity contribution in [2.75, 3.05) is 26.4 Å². The van der Waals surface area contributed by atoms with Gasteiger partial charge in [-0.15, -0.1) is 0 Å². The minimum atomic E-state index is -1.11. The topological polar surface area (TPSA) is 118 Å². The van der Waals surface area contributed by atoms with Crippen LogP contribution in [0.1, 0.15) is 71.1 Å². The highest BCUT2D eigenvalue weighted by Crippen LogP contribution is 2.12. The first-order valence-electron chi connectivity index (χ1n) is 9.32. The van der Waals surface area contributed by atoms with E-state index in [2.05, 4.69) is 19.1 Å². The lowest BCUT2D eigenvalue weighted by atomic mass is 9.93. The lowest BCUT2D eigenvalue weighted by Gasteiger charge is -2.23. The fourth-order valence-electron chi connectivity index (χ4n) is 1.93. The molecule has 0 radical (unpaired) electrons. The Labute approximate surface area is 152 Å². The Kier molecular flexibility index (Phi) is 20.4. The molecule has 6 heteroatoms. The van der Waals surface area contributed by atoms with Gasteiger partial charge in [0.1, 0.15) is 0 Å². The van der Waals surface area contributed by atoms with Crippen LogP contribution in [0.15, 0.2) is 12.2 Å². The molecule has 0 fully saturated rings. The third kappa shape index (κ3) is 17.7. The van der Waals surface area contributed by atoms with Crippen LogP contribution < -0.4 is 0 Å². The molecule has 0 aliphatic heterocycles. The number of hydrogen-bond donors (Lipinski definition) is 5. The number of hydrogen-bond acceptors (Lipinski definition) is 5. The molecule has 0 saturated heterocycles. The van der Waals surface area contributed by atoms with Crippen molar-refractivity contribution in [3.05, 3.63) is 12.2 Å². The summed E-state index contributed by atoms with van der Waals surface area (Å²) >= 11 is 0. The maximum absolute atomic E-state index is 10.3. The van der Waals surface area contributed by atoms with E-state index >= 15 is 0 Å². The minimum absolute atomic E-state index is 0.330. The van der Waals surface area contributed by atoms with Crippen molar-refractivity contribution in [1.29, 1.82) is 0 Å². The van der Waals surface area contributed by atoms with E-state index in [-0.39, 0.29) is 0 Å². The van der Waals surface area contributed by atoms with E-state index in [4.69, 9.17) is 25.5 Å². The van der Waals surface area contributed by atoms with Crippen LogP contribution in [0.5, 0.6) is 0 Å². The van der Waals surface area contributed by atoms with Gasteiger partial charge in [0.25, 0.3) is 0 Å². The number of aliphatic hydroxyl groups is 4. The first-order chi connectivity index (χ1) is 12.0. The van der Waals surface area contributed by atoms with E-state index in [0.29, 0.717) is 6.42 Å². The first kappa shape index (κ1) is 26.3. The largest absolute Gasteiger partial charge is 0.481 e. The minimum Gasteiger partial charge on any atom is -0.481 e. The van der Waals surface area contributed by atoms with E-state index in [1.165, 1.54) is 44.9 Å². The second kappa shape index (κ2) is 19.4. The van der Waals surface area contributed by atoms with Gasteiger partial charge in [0.15, 0.2) is 0 Å². The molecule has 0 rings (SSSR count). The number of carboxylic acids is 1. The number of allylic oxidation sites excluding steroid dienone is 2. The zero-order valence-corrected chi connectivity index (χ0v) is 15.7. The Bertz CT molecular complexity index is 296. The summed E-state index contributed by atoms with van der Waals surface area (Å²) in [5.74, 6) is -0.668. The molecule has 0 unspecified atom stereocenters. The Morgan fingerprint density at radius 3 is 1.60 bits per heavy atom. The highest BCUT2D eigenvalue weighted by molar-refractivity contribution is 5.66. The fraction of sp³-hybridized carbons (Fsp3) is 0.842. The molecule has 0 atom stereocenters. The first-order valence-corrected chi connectivity index (χ1v) is 9.32. The Balaban J connectivity index is 0. The average molecular weight is 363 g/mol. The van der Waals surface area contributed by atoms with Gasteiger partial charge >= 0.3 is 5.97 Å². The highest BCUT2D eigenvalue weighted by Gasteiger charge is 2.26. The fourth-order valence-corrected chi connectivity index (χ4v) is 1.93. The molecular formula is C19H38O6. The molecule has 0 aromatic carbocycles. The summed E-state index contributed by atoms with van der Waals surface area (Å²) < 4.78 is 0. The molecule has 0 aromatic rings. The van der Waals surface area contributed by atoms with Crippen LogP contribution in [0.4, 0.5) is 0 Å². The highest BCUT2D eigenvalue weighted by atomic mass is 16.4. The van der Waals surface area contributed by atoms with Crippen LogP contribution in [0, 0.1) is 5.41 Å². The lowest BCUT2D eigenvalue weighted by molar-refractivity contribution is -0.137. The molecule has 6 nitrogen and oxygen atoms in total. The zero-order chi connectivity index (χ0) is 19.4. The molecule has 0 aliphatic carbocycles. The number of carbonyl (C=O) groups is 1. The molecule has 0 heterocycles. The maximum atomic E-state index is 10.3. The van der Waals surface area contributed by atoms with E-state index in [1.54, 1.807) is 0 Å². The third-order valence-corrected chi connectivity index (χ3v) is 3.99. The predicted molar refractivity (Wildman–Crippen MR) is 99.4 cm³/mol. The van der Waals surface area contributed by atoms with Gasteiger partial charge in [0, 0.05) is 6.42 Å². The normalized spacial score (nSPS) is 11.4. The number of unbranched alkanes of at least 4 members (excludes halogenated alkanes) is 7. The van der Waals surface area contributed by atoms with Gasteiger partial charge in [-0.1, -0.05) is 51.2 Å². The van der Waals surface area contributed by atoms with Crippen molar-refractivity contribution >= 4 is 5.97 Å². The molecule has 0 aromatic heterocycles. The van der Waals surface area contributed by atoms with Crippen molar-refractivity contribution in [1.82, 2.24) is 0 Å². The average Bonchev–Trinajstić information content (AvgIpc) is 2.62. The summed E-state index contributed by atoms with van der Waals surface area (Å²) in [5, 5.41) is 42.4. The van der Waals surface area contributed by atoms with Crippen LogP contribution in [0.3, 0.4) is 0 Å². The summed E-state index contributed by atoms with van der Waals surface area (Å²) in [6.45, 7) is 0.588. The molecule has 0 aliphatic rings. The molecule has 0 bridgehead atoms. The molecule has 0 amide bonds. The number of carboxylic acid groups (broad SMARTS) is 1. The van der Waals surface area contributed by atoms with Crippen molar-refractivity contribution in [2.24, 2.45) is 5.41 Å². The number of rotatable bonds is 15. The van der Waals surface area contributed by atoms with Gasteiger partial charge in [-0.2, -0.15) is 0 Å². The maximum Gasteiger partial charge on any atom is 0.303 e. The van der Waals surface area contributed by atoms with Gasteiger partial charge in [0.05, 0.1) is 31.8 Å². The van der Waals surface area contributed by atoms with Crippen molar-refractivity contribution in [2.45, 2.75) is 71.1 Å². The molecule has 5 N–H and O–H groups in total. The predicted octanol–water partition coefficient (Wildman–Crippen LogP) is 2.49. The SMILES string of the molecule is CCCC/C=C\CCCCCCCC(=O)O.OCC(CO)(CO)CO. The van der Waals surface area contributed by atoms with Crippen molar-refractivity contribution in [3.63, 3.8) is 0 Å². The van der Waals surface area contributed by atoms with Gasteiger partial charge < -0.3 is 25.5 Å². The summed E-state index contributed by atoms with van der Waals surface area (Å²) in [6.07, 6.45) is 15.4. The summed E-state index contributed by atoms with van der Waals surface area (Å²) in [7, 11) is 0. The van der Waals surface area contributed by atoms with Crippen molar-refractivity contribution in [3.8, 4) is 0 Å². The van der Waals surface area contributed by atoms with Crippen LogP contribution in [0.25, 0.3) is 0 Å². The van der Waals surface area contributed by atoms with E-state index in [9.17, 15) is 4.79 Å². The lowest BCUT2D eigenvalue weighted by Crippen LogP contribution is -2.37. The molecule has 150 valence electrons. The Morgan fingerprint density at radius 2 is 1.20 bits per heavy atom. The monoisotopic (exact) mass is 362 g/mol.